The summed E-state index contributed by atoms with van der Waals surface area (Å²) in [5.41, 5.74) is 6.40. The van der Waals surface area contributed by atoms with Crippen molar-refractivity contribution in [3.63, 3.8) is 0 Å². The van der Waals surface area contributed by atoms with E-state index in [0.29, 0.717) is 19.4 Å². The Morgan fingerprint density at radius 2 is 1.63 bits per heavy atom. The Morgan fingerprint density at radius 1 is 0.965 bits per heavy atom. The van der Waals surface area contributed by atoms with Crippen molar-refractivity contribution in [2.24, 2.45) is 5.73 Å². The fourth-order valence-electron chi connectivity index (χ4n) is 7.33. The molecule has 0 radical (unpaired) electrons. The van der Waals surface area contributed by atoms with Crippen LogP contribution in [0.15, 0.2) is 89.3 Å². The Morgan fingerprint density at radius 3 is 2.26 bits per heavy atom. The number of alkyl halides is 2. The number of hydrogen-bond acceptors (Lipinski definition) is 10. The van der Waals surface area contributed by atoms with Crippen LogP contribution >= 0.6 is 8.60 Å². The largest absolute Gasteiger partial charge is 0.451 e. The van der Waals surface area contributed by atoms with E-state index >= 15 is 0 Å². The molecule has 0 bridgehead atoms. The normalized spacial score (nSPS) is 19.5. The number of nitrogens with zero attached hydrogens (tertiary/aromatic N) is 2. The van der Waals surface area contributed by atoms with E-state index in [1.54, 1.807) is 7.05 Å². The van der Waals surface area contributed by atoms with Gasteiger partial charge in [0.25, 0.3) is 5.91 Å². The van der Waals surface area contributed by atoms with Crippen LogP contribution in [0.2, 0.25) is 0 Å². The van der Waals surface area contributed by atoms with E-state index in [4.69, 9.17) is 19.9 Å². The summed E-state index contributed by atoms with van der Waals surface area (Å²) in [6.07, 6.45) is -3.01. The van der Waals surface area contributed by atoms with Gasteiger partial charge in [-0.2, -0.15) is 8.78 Å². The maximum absolute atomic E-state index is 14.4. The predicted molar refractivity (Wildman–Crippen MR) is 203 cm³/mol. The third-order valence-electron chi connectivity index (χ3n) is 10.1. The average molecular weight is 809 g/mol. The van der Waals surface area contributed by atoms with Crippen LogP contribution in [0.25, 0.3) is 11.0 Å². The fraction of sp³-hybridized carbons (Fsp3) is 0.359. The summed E-state index contributed by atoms with van der Waals surface area (Å²) in [7, 11) is -1.57. The molecule has 302 valence electrons. The molecule has 4 aromatic rings. The molecule has 5 amide bonds. The quantitative estimate of drug-likeness (QED) is 0.102. The minimum absolute atomic E-state index is 0.0706. The van der Waals surface area contributed by atoms with Gasteiger partial charge in [-0.3, -0.25) is 24.0 Å². The fourth-order valence-corrected chi connectivity index (χ4v) is 7.64. The first-order valence-electron chi connectivity index (χ1n) is 18.3. The van der Waals surface area contributed by atoms with E-state index in [2.05, 4.69) is 20.5 Å². The number of benzene rings is 3. The van der Waals surface area contributed by atoms with Gasteiger partial charge in [0.15, 0.2) is 5.76 Å². The molecule has 4 atom stereocenters. The molecular formula is C39H43F2N6O9P. The third kappa shape index (κ3) is 9.98. The van der Waals surface area contributed by atoms with Crippen LogP contribution in [-0.2, 0) is 29.8 Å². The molecule has 57 heavy (non-hydrogen) atoms. The summed E-state index contributed by atoms with van der Waals surface area (Å²) in [5, 5.41) is 8.58. The Labute approximate surface area is 327 Å². The molecule has 3 heterocycles. The SMILES string of the molecule is CN1CC[C@H]2CC[C@@H](C(=O)N[C@@H](CCC(N)=O)C(=O)NC(c3ccccc3)c3ccccc3)N2C(=O)[C@@H](NC(=O)c2cc3cc(C(F)(F)OP(O)O)ccc3o2)C1. The number of nitrogens with one attached hydrogen (secondary N) is 3. The number of likely N-dealkylation sites (N-methyl/N-ethyl adjacent to an activating group) is 1. The second kappa shape index (κ2) is 17.9. The number of rotatable bonds is 14. The van der Waals surface area contributed by atoms with Crippen molar-refractivity contribution in [3.8, 4) is 0 Å². The number of carbonyl (C=O) groups is 5. The predicted octanol–water partition coefficient (Wildman–Crippen LogP) is 3.16. The molecule has 7 N–H and O–H groups in total. The minimum Gasteiger partial charge on any atom is -0.451 e. The second-order valence-corrected chi connectivity index (χ2v) is 14.8. The van der Waals surface area contributed by atoms with Gasteiger partial charge in [0, 0.05) is 24.4 Å². The van der Waals surface area contributed by atoms with Crippen molar-refractivity contribution < 1.29 is 51.5 Å². The van der Waals surface area contributed by atoms with E-state index in [9.17, 15) is 32.8 Å². The number of nitrogens with two attached hydrogens (primary N) is 1. The second-order valence-electron chi connectivity index (χ2n) is 14.1. The summed E-state index contributed by atoms with van der Waals surface area (Å²) >= 11 is 0. The summed E-state index contributed by atoms with van der Waals surface area (Å²) < 4.78 is 38.3. The lowest BCUT2D eigenvalue weighted by atomic mass is 9.98. The van der Waals surface area contributed by atoms with Gasteiger partial charge in [-0.05, 0) is 74.7 Å². The van der Waals surface area contributed by atoms with Gasteiger partial charge in [0.2, 0.25) is 23.6 Å². The Bertz CT molecular complexity index is 2050. The third-order valence-corrected chi connectivity index (χ3v) is 10.5. The van der Waals surface area contributed by atoms with Crippen LogP contribution in [0, 0.1) is 0 Å². The highest BCUT2D eigenvalue weighted by molar-refractivity contribution is 7.39. The summed E-state index contributed by atoms with van der Waals surface area (Å²) in [5.74, 6) is -3.45. The number of furan rings is 1. The molecule has 0 spiro atoms. The van der Waals surface area contributed by atoms with Crippen molar-refractivity contribution in [2.75, 3.05) is 20.1 Å². The maximum Gasteiger partial charge on any atom is 0.389 e. The zero-order valence-electron chi connectivity index (χ0n) is 30.8. The van der Waals surface area contributed by atoms with E-state index in [1.807, 2.05) is 65.6 Å². The number of halogens is 2. The minimum atomic E-state index is -4.04. The monoisotopic (exact) mass is 808 g/mol. The lowest BCUT2D eigenvalue weighted by Gasteiger charge is -2.37. The van der Waals surface area contributed by atoms with Gasteiger partial charge in [-0.15, -0.1) is 0 Å². The van der Waals surface area contributed by atoms with Crippen LogP contribution in [0.4, 0.5) is 8.78 Å². The molecule has 18 heteroatoms. The van der Waals surface area contributed by atoms with Crippen LogP contribution < -0.4 is 21.7 Å². The van der Waals surface area contributed by atoms with Gasteiger partial charge in [0.1, 0.15) is 23.7 Å². The van der Waals surface area contributed by atoms with E-state index < -0.39 is 74.0 Å². The summed E-state index contributed by atoms with van der Waals surface area (Å²) in [6, 6.07) is 18.6. The van der Waals surface area contributed by atoms with Crippen molar-refractivity contribution >= 4 is 49.1 Å². The van der Waals surface area contributed by atoms with Crippen molar-refractivity contribution in [2.45, 2.75) is 68.4 Å². The molecule has 15 nitrogen and oxygen atoms in total. The van der Waals surface area contributed by atoms with Gasteiger partial charge in [-0.1, -0.05) is 60.7 Å². The highest BCUT2D eigenvalue weighted by Gasteiger charge is 2.45. The lowest BCUT2D eigenvalue weighted by molar-refractivity contribution is -0.189. The number of hydrogen-bond donors (Lipinski definition) is 6. The molecule has 0 saturated carbocycles. The first kappa shape index (κ1) is 41.3. The zero-order valence-corrected chi connectivity index (χ0v) is 31.7. The van der Waals surface area contributed by atoms with E-state index in [1.165, 1.54) is 17.0 Å². The smallest absolute Gasteiger partial charge is 0.389 e. The molecule has 6 rings (SSSR count). The van der Waals surface area contributed by atoms with E-state index in [-0.39, 0.29) is 48.6 Å². The summed E-state index contributed by atoms with van der Waals surface area (Å²) in [6.45, 7) is 0.609. The molecule has 1 aromatic heterocycles. The Kier molecular flexibility index (Phi) is 12.9. The van der Waals surface area contributed by atoms with Gasteiger partial charge in [-0.25, -0.2) is 4.52 Å². The first-order chi connectivity index (χ1) is 27.2. The van der Waals surface area contributed by atoms with Gasteiger partial charge < -0.3 is 45.7 Å². The van der Waals surface area contributed by atoms with Crippen LogP contribution in [0.3, 0.4) is 0 Å². The number of amides is 5. The Hall–Kier alpha value is -5.32. The molecule has 0 unspecified atom stereocenters. The highest BCUT2D eigenvalue weighted by atomic mass is 31.2. The van der Waals surface area contributed by atoms with Crippen LogP contribution in [-0.4, -0.2) is 93.4 Å². The topological polar surface area (TPSA) is 217 Å². The van der Waals surface area contributed by atoms with Gasteiger partial charge >= 0.3 is 14.7 Å². The average Bonchev–Trinajstić information content (AvgIpc) is 3.81. The zero-order chi connectivity index (χ0) is 40.9. The Balaban J connectivity index is 1.19. The van der Waals surface area contributed by atoms with Crippen LogP contribution in [0.5, 0.6) is 0 Å². The van der Waals surface area contributed by atoms with Crippen LogP contribution in [0.1, 0.15) is 65.4 Å². The molecule has 2 fully saturated rings. The molecule has 2 aliphatic rings. The highest BCUT2D eigenvalue weighted by Crippen LogP contribution is 2.42. The number of primary amides is 1. The lowest BCUT2D eigenvalue weighted by Crippen LogP contribution is -2.61. The van der Waals surface area contributed by atoms with Crippen molar-refractivity contribution in [1.82, 2.24) is 25.8 Å². The molecule has 0 aliphatic carbocycles. The maximum atomic E-state index is 14.4. The van der Waals surface area contributed by atoms with Crippen molar-refractivity contribution in [1.29, 1.82) is 0 Å². The number of carbonyl (C=O) groups excluding carboxylic acids is 5. The standard InChI is InChI=1S/C39H43F2N6O9P/c1-46-19-18-27-13-15-30(36(50)43-28(14-17-33(42)48)35(49)45-34(23-8-4-2-5-9-23)24-10-6-3-7-11-24)47(27)38(52)29(22-46)44-37(51)32-21-25-20-26(12-16-31(25)55-32)39(40,41)56-57(53)54/h2-12,16,20-21,27-30,34,53-54H,13-15,17-19,22H2,1H3,(H2,42,48)(H,43,50)(H,44,51)(H,45,49)/t27-,28+,29+,30+/m1/s1. The molecule has 2 aliphatic heterocycles. The first-order valence-corrected chi connectivity index (χ1v) is 19.5. The number of fused-ring (bicyclic) bond motifs is 2. The van der Waals surface area contributed by atoms with Crippen molar-refractivity contribution in [3.05, 3.63) is 107 Å². The van der Waals surface area contributed by atoms with Gasteiger partial charge in [0.05, 0.1) is 11.6 Å². The molecule has 3 aromatic carbocycles. The van der Waals surface area contributed by atoms with E-state index in [0.717, 1.165) is 23.3 Å². The molecular weight excluding hydrogens is 765 g/mol. The summed E-state index contributed by atoms with van der Waals surface area (Å²) in [4.78, 5) is 88.9. The molecule has 2 saturated heterocycles.